The molecule has 0 bridgehead atoms. The van der Waals surface area contributed by atoms with Gasteiger partial charge in [0.25, 0.3) is 0 Å². The predicted molar refractivity (Wildman–Crippen MR) is 136 cm³/mol. The number of hydrogen-bond acceptors (Lipinski definition) is 6. The van der Waals surface area contributed by atoms with Gasteiger partial charge in [0.05, 0.1) is 50.8 Å². The minimum Gasteiger partial charge on any atom is -0.497 e. The second-order valence-electron chi connectivity index (χ2n) is 9.24. The van der Waals surface area contributed by atoms with Crippen molar-refractivity contribution >= 4 is 22.8 Å². The molecule has 2 amide bonds. The molecule has 4 rings (SSSR count). The number of imidazole rings is 1. The predicted octanol–water partition coefficient (Wildman–Crippen LogP) is 3.11. The number of rotatable bonds is 9. The van der Waals surface area contributed by atoms with Gasteiger partial charge in [-0.15, -0.1) is 0 Å². The third-order valence-corrected chi connectivity index (χ3v) is 6.44. The number of ether oxygens (including phenoxy) is 3. The molecule has 0 saturated carbocycles. The summed E-state index contributed by atoms with van der Waals surface area (Å²) in [4.78, 5) is 34.0. The first kappa shape index (κ1) is 25.5. The van der Waals surface area contributed by atoms with Crippen LogP contribution in [0.4, 0.5) is 0 Å². The highest BCUT2D eigenvalue weighted by Crippen LogP contribution is 2.24. The van der Waals surface area contributed by atoms with Gasteiger partial charge in [-0.1, -0.05) is 12.1 Å². The van der Waals surface area contributed by atoms with Crippen LogP contribution in [0.3, 0.4) is 0 Å². The van der Waals surface area contributed by atoms with Crippen LogP contribution in [-0.2, 0) is 27.5 Å². The Morgan fingerprint density at radius 1 is 1.08 bits per heavy atom. The standard InChI is InChI=1S/C27H34N4O5/c1-19(2)31-15-23(36-17-20-11-21(34-3)13-22(12-20)35-4)14-30(16-27(31)33)26(32)9-10-29-18-28-24-7-5-6-8-25(24)29/h5-8,11-13,18-19,23H,9-10,14-17H2,1-4H3. The smallest absolute Gasteiger partial charge is 0.242 e. The van der Waals surface area contributed by atoms with E-state index in [1.807, 2.05) is 54.8 Å². The Morgan fingerprint density at radius 3 is 2.50 bits per heavy atom. The number of benzene rings is 2. The first-order valence-corrected chi connectivity index (χ1v) is 12.2. The molecule has 1 aromatic heterocycles. The Bertz CT molecular complexity index is 1190. The lowest BCUT2D eigenvalue weighted by molar-refractivity contribution is -0.139. The van der Waals surface area contributed by atoms with Crippen LogP contribution in [0.25, 0.3) is 11.0 Å². The number of nitrogens with zero attached hydrogens (tertiary/aromatic N) is 4. The number of hydrogen-bond donors (Lipinski definition) is 0. The molecule has 1 aliphatic heterocycles. The van der Waals surface area contributed by atoms with Crippen LogP contribution in [0.5, 0.6) is 11.5 Å². The van der Waals surface area contributed by atoms with E-state index in [-0.39, 0.29) is 36.9 Å². The summed E-state index contributed by atoms with van der Waals surface area (Å²) in [5, 5.41) is 0. The molecule has 1 fully saturated rings. The molecule has 0 N–H and O–H groups in total. The monoisotopic (exact) mass is 494 g/mol. The third kappa shape index (κ3) is 5.96. The van der Waals surface area contributed by atoms with Crippen molar-refractivity contribution in [2.24, 2.45) is 0 Å². The number of fused-ring (bicyclic) bond motifs is 1. The summed E-state index contributed by atoms with van der Waals surface area (Å²) in [6, 6.07) is 13.4. The molecule has 1 aliphatic rings. The van der Waals surface area contributed by atoms with E-state index >= 15 is 0 Å². The lowest BCUT2D eigenvalue weighted by Gasteiger charge is -2.27. The van der Waals surface area contributed by atoms with E-state index in [1.54, 1.807) is 36.4 Å². The van der Waals surface area contributed by atoms with Gasteiger partial charge >= 0.3 is 0 Å². The molecule has 0 aliphatic carbocycles. The molecule has 0 spiro atoms. The minimum absolute atomic E-state index is 0.00729. The summed E-state index contributed by atoms with van der Waals surface area (Å²) < 4.78 is 18.9. The zero-order valence-electron chi connectivity index (χ0n) is 21.3. The molecular formula is C27H34N4O5. The first-order chi connectivity index (χ1) is 17.4. The quantitative estimate of drug-likeness (QED) is 0.454. The average molecular weight is 495 g/mol. The molecule has 9 heteroatoms. The maximum absolute atomic E-state index is 13.2. The summed E-state index contributed by atoms with van der Waals surface area (Å²) in [7, 11) is 3.21. The molecule has 3 aromatic rings. The van der Waals surface area contributed by atoms with Gasteiger partial charge in [-0.25, -0.2) is 4.98 Å². The van der Waals surface area contributed by atoms with E-state index in [0.29, 0.717) is 37.7 Å². The summed E-state index contributed by atoms with van der Waals surface area (Å²) in [6.45, 7) is 5.57. The fourth-order valence-corrected chi connectivity index (χ4v) is 4.46. The topological polar surface area (TPSA) is 86.1 Å². The zero-order valence-corrected chi connectivity index (χ0v) is 21.3. The number of para-hydroxylation sites is 2. The van der Waals surface area contributed by atoms with E-state index in [9.17, 15) is 9.59 Å². The van der Waals surface area contributed by atoms with Crippen LogP contribution < -0.4 is 9.47 Å². The Kier molecular flexibility index (Phi) is 8.10. The lowest BCUT2D eigenvalue weighted by atomic mass is 10.2. The van der Waals surface area contributed by atoms with Crippen molar-refractivity contribution in [2.45, 2.75) is 45.6 Å². The SMILES string of the molecule is COc1cc(COC2CN(C(=O)CCn3cnc4ccccc43)CC(=O)N(C(C)C)C2)cc(OC)c1. The lowest BCUT2D eigenvalue weighted by Crippen LogP contribution is -2.42. The van der Waals surface area contributed by atoms with E-state index in [1.165, 1.54) is 0 Å². The van der Waals surface area contributed by atoms with Gasteiger partial charge in [-0.2, -0.15) is 0 Å². The summed E-state index contributed by atoms with van der Waals surface area (Å²) in [5.74, 6) is 1.21. The van der Waals surface area contributed by atoms with Gasteiger partial charge in [-0.3, -0.25) is 9.59 Å². The van der Waals surface area contributed by atoms with Gasteiger partial charge in [0, 0.05) is 38.2 Å². The van der Waals surface area contributed by atoms with Gasteiger partial charge < -0.3 is 28.6 Å². The number of amides is 2. The van der Waals surface area contributed by atoms with Gasteiger partial charge in [-0.05, 0) is 43.7 Å². The summed E-state index contributed by atoms with van der Waals surface area (Å²) in [6.07, 6.45) is 1.70. The first-order valence-electron chi connectivity index (χ1n) is 12.2. The Hall–Kier alpha value is -3.59. The van der Waals surface area contributed by atoms with Crippen LogP contribution in [0.1, 0.15) is 25.8 Å². The van der Waals surface area contributed by atoms with Crippen LogP contribution in [0.2, 0.25) is 0 Å². The molecule has 1 saturated heterocycles. The fraction of sp³-hybridized carbons (Fsp3) is 0.444. The molecule has 1 unspecified atom stereocenters. The number of aryl methyl sites for hydroxylation is 1. The van der Waals surface area contributed by atoms with Crippen LogP contribution in [0.15, 0.2) is 48.8 Å². The maximum Gasteiger partial charge on any atom is 0.242 e. The number of methoxy groups -OCH3 is 2. The highest BCUT2D eigenvalue weighted by atomic mass is 16.5. The van der Waals surface area contributed by atoms with Gasteiger partial charge in [0.15, 0.2) is 0 Å². The largest absolute Gasteiger partial charge is 0.497 e. The van der Waals surface area contributed by atoms with E-state index < -0.39 is 0 Å². The Morgan fingerprint density at radius 2 is 1.81 bits per heavy atom. The maximum atomic E-state index is 13.2. The highest BCUT2D eigenvalue weighted by Gasteiger charge is 2.32. The summed E-state index contributed by atoms with van der Waals surface area (Å²) >= 11 is 0. The van der Waals surface area contributed by atoms with Crippen molar-refractivity contribution in [3.63, 3.8) is 0 Å². The Labute approximate surface area is 211 Å². The molecule has 36 heavy (non-hydrogen) atoms. The summed E-state index contributed by atoms with van der Waals surface area (Å²) in [5.41, 5.74) is 2.77. The molecular weight excluding hydrogens is 460 g/mol. The van der Waals surface area contributed by atoms with Crippen molar-refractivity contribution in [1.29, 1.82) is 0 Å². The third-order valence-electron chi connectivity index (χ3n) is 6.44. The van der Waals surface area contributed by atoms with Crippen molar-refractivity contribution < 1.29 is 23.8 Å². The Balaban J connectivity index is 1.45. The van der Waals surface area contributed by atoms with Gasteiger partial charge in [0.2, 0.25) is 11.8 Å². The van der Waals surface area contributed by atoms with E-state index in [0.717, 1.165) is 16.6 Å². The van der Waals surface area contributed by atoms with E-state index in [2.05, 4.69) is 4.98 Å². The average Bonchev–Trinajstić information content (AvgIpc) is 3.21. The van der Waals surface area contributed by atoms with Gasteiger partial charge in [0.1, 0.15) is 11.5 Å². The van der Waals surface area contributed by atoms with Crippen molar-refractivity contribution in [3.05, 3.63) is 54.4 Å². The van der Waals surface area contributed by atoms with Crippen LogP contribution in [0, 0.1) is 0 Å². The highest BCUT2D eigenvalue weighted by molar-refractivity contribution is 5.85. The minimum atomic E-state index is -0.325. The molecule has 0 radical (unpaired) electrons. The van der Waals surface area contributed by atoms with E-state index in [4.69, 9.17) is 14.2 Å². The molecule has 1 atom stereocenters. The molecule has 2 aromatic carbocycles. The normalized spacial score (nSPS) is 16.5. The van der Waals surface area contributed by atoms with Crippen molar-refractivity contribution in [1.82, 2.24) is 19.4 Å². The number of aromatic nitrogens is 2. The van der Waals surface area contributed by atoms with Crippen LogP contribution >= 0.6 is 0 Å². The second-order valence-corrected chi connectivity index (χ2v) is 9.24. The van der Waals surface area contributed by atoms with Crippen LogP contribution in [-0.4, -0.2) is 77.2 Å². The van der Waals surface area contributed by atoms with Crippen molar-refractivity contribution in [3.8, 4) is 11.5 Å². The fourth-order valence-electron chi connectivity index (χ4n) is 4.46. The van der Waals surface area contributed by atoms with Crippen molar-refractivity contribution in [2.75, 3.05) is 33.9 Å². The second kappa shape index (κ2) is 11.4. The number of carbonyl (C=O) groups excluding carboxylic acids is 2. The molecule has 9 nitrogen and oxygen atoms in total. The zero-order chi connectivity index (χ0) is 25.7. The number of carbonyl (C=O) groups is 2. The molecule has 2 heterocycles. The molecule has 192 valence electrons.